The minimum Gasteiger partial charge on any atom is -0.333 e. The van der Waals surface area contributed by atoms with Crippen LogP contribution in [0.2, 0.25) is 0 Å². The predicted molar refractivity (Wildman–Crippen MR) is 63.6 cm³/mol. The van der Waals surface area contributed by atoms with E-state index < -0.39 is 0 Å². The molecular weight excluding hydrogens is 232 g/mol. The minimum absolute atomic E-state index is 0.198. The molecule has 88 valence electrons. The Balaban J connectivity index is 2.06. The zero-order valence-corrected chi connectivity index (χ0v) is 9.20. The molecule has 18 heavy (non-hydrogen) atoms. The molecule has 0 fully saturated rings. The summed E-state index contributed by atoms with van der Waals surface area (Å²) in [6.07, 6.45) is 4.83. The Kier molecular flexibility index (Phi) is 2.45. The van der Waals surface area contributed by atoms with Gasteiger partial charge in [-0.1, -0.05) is 5.16 Å². The summed E-state index contributed by atoms with van der Waals surface area (Å²) in [7, 11) is 0. The average Bonchev–Trinajstić information content (AvgIpc) is 2.90. The smallest absolute Gasteiger partial charge is 0.263 e. The molecule has 3 aromatic rings. The van der Waals surface area contributed by atoms with Crippen molar-refractivity contribution in [3.63, 3.8) is 0 Å². The first kappa shape index (κ1) is 10.4. The van der Waals surface area contributed by atoms with Crippen LogP contribution in [0, 0.1) is 0 Å². The third kappa shape index (κ3) is 1.80. The summed E-state index contributed by atoms with van der Waals surface area (Å²) in [5.74, 6) is 0.624. The van der Waals surface area contributed by atoms with Crippen molar-refractivity contribution in [3.8, 4) is 22.8 Å². The standard InChI is InChI=1S/C12H8N4O2/c17-11-9(2-1-5-14-11)12-15-10(16-18-12)8-3-6-13-7-4-8/h1-7H,(H,14,17). The van der Waals surface area contributed by atoms with Crippen LogP contribution in [-0.2, 0) is 0 Å². The highest BCUT2D eigenvalue weighted by atomic mass is 16.5. The maximum absolute atomic E-state index is 11.6. The molecule has 0 aliphatic carbocycles. The van der Waals surface area contributed by atoms with Crippen molar-refractivity contribution >= 4 is 0 Å². The van der Waals surface area contributed by atoms with Crippen LogP contribution >= 0.6 is 0 Å². The number of aromatic nitrogens is 4. The summed E-state index contributed by atoms with van der Waals surface area (Å²) in [4.78, 5) is 22.2. The Bertz CT molecular complexity index is 718. The Hall–Kier alpha value is -2.76. The van der Waals surface area contributed by atoms with Crippen LogP contribution in [0.5, 0.6) is 0 Å². The van der Waals surface area contributed by atoms with Crippen LogP contribution in [-0.4, -0.2) is 20.1 Å². The largest absolute Gasteiger partial charge is 0.333 e. The van der Waals surface area contributed by atoms with Crippen molar-refractivity contribution in [2.45, 2.75) is 0 Å². The van der Waals surface area contributed by atoms with Gasteiger partial charge in [0.1, 0.15) is 5.56 Å². The zero-order chi connectivity index (χ0) is 12.4. The quantitative estimate of drug-likeness (QED) is 0.733. The third-order valence-corrected chi connectivity index (χ3v) is 2.41. The molecule has 1 N–H and O–H groups in total. The second-order valence-corrected chi connectivity index (χ2v) is 3.57. The van der Waals surface area contributed by atoms with E-state index >= 15 is 0 Å². The molecular formula is C12H8N4O2. The van der Waals surface area contributed by atoms with Crippen LogP contribution in [0.15, 0.2) is 52.2 Å². The number of H-pyrrole nitrogens is 1. The molecule has 0 atom stereocenters. The molecule has 0 unspecified atom stereocenters. The minimum atomic E-state index is -0.262. The molecule has 0 amide bonds. The van der Waals surface area contributed by atoms with Crippen LogP contribution in [0.25, 0.3) is 22.8 Å². The monoisotopic (exact) mass is 240 g/mol. The summed E-state index contributed by atoms with van der Waals surface area (Å²) in [5, 5.41) is 3.84. The van der Waals surface area contributed by atoms with Gasteiger partial charge in [-0.2, -0.15) is 4.98 Å². The second kappa shape index (κ2) is 4.25. The molecule has 0 saturated carbocycles. The molecule has 0 aromatic carbocycles. The molecule has 0 aliphatic heterocycles. The summed E-state index contributed by atoms with van der Waals surface area (Å²) >= 11 is 0. The Labute approximate surface area is 101 Å². The van der Waals surface area contributed by atoms with Crippen molar-refractivity contribution < 1.29 is 4.52 Å². The number of nitrogens with zero attached hydrogens (tertiary/aromatic N) is 3. The van der Waals surface area contributed by atoms with Crippen LogP contribution in [0.3, 0.4) is 0 Å². The third-order valence-electron chi connectivity index (χ3n) is 2.41. The zero-order valence-electron chi connectivity index (χ0n) is 9.20. The fourth-order valence-corrected chi connectivity index (χ4v) is 1.54. The van der Waals surface area contributed by atoms with Crippen molar-refractivity contribution in [1.29, 1.82) is 0 Å². The Morgan fingerprint density at radius 2 is 2.00 bits per heavy atom. The van der Waals surface area contributed by atoms with E-state index in [1.165, 1.54) is 0 Å². The molecule has 6 heteroatoms. The SMILES string of the molecule is O=c1[nH]cccc1-c1nc(-c2ccncc2)no1. The summed E-state index contributed by atoms with van der Waals surface area (Å²) in [5.41, 5.74) is 0.875. The van der Waals surface area contributed by atoms with Gasteiger partial charge in [-0.25, -0.2) is 0 Å². The number of rotatable bonds is 2. The van der Waals surface area contributed by atoms with Gasteiger partial charge in [-0.05, 0) is 24.3 Å². The van der Waals surface area contributed by atoms with E-state index in [1.807, 2.05) is 0 Å². The number of aromatic amines is 1. The molecule has 0 spiro atoms. The van der Waals surface area contributed by atoms with E-state index in [0.717, 1.165) is 5.56 Å². The van der Waals surface area contributed by atoms with Crippen molar-refractivity contribution in [2.75, 3.05) is 0 Å². The predicted octanol–water partition coefficient (Wildman–Crippen LogP) is 1.49. The fraction of sp³-hybridized carbons (Fsp3) is 0. The van der Waals surface area contributed by atoms with E-state index in [1.54, 1.807) is 42.9 Å². The second-order valence-electron chi connectivity index (χ2n) is 3.57. The lowest BCUT2D eigenvalue weighted by Crippen LogP contribution is -2.06. The number of pyridine rings is 2. The number of hydrogen-bond acceptors (Lipinski definition) is 5. The highest BCUT2D eigenvalue weighted by Gasteiger charge is 2.12. The van der Waals surface area contributed by atoms with E-state index in [0.29, 0.717) is 11.4 Å². The van der Waals surface area contributed by atoms with Crippen LogP contribution in [0.4, 0.5) is 0 Å². The lowest BCUT2D eigenvalue weighted by molar-refractivity contribution is 0.432. The maximum Gasteiger partial charge on any atom is 0.263 e. The lowest BCUT2D eigenvalue weighted by Gasteiger charge is -1.91. The first-order valence-corrected chi connectivity index (χ1v) is 5.27. The summed E-state index contributed by atoms with van der Waals surface area (Å²) in [6.45, 7) is 0. The molecule has 3 aromatic heterocycles. The van der Waals surface area contributed by atoms with Gasteiger partial charge in [0.05, 0.1) is 0 Å². The molecule has 0 radical (unpaired) electrons. The van der Waals surface area contributed by atoms with E-state index in [4.69, 9.17) is 4.52 Å². The van der Waals surface area contributed by atoms with Crippen molar-refractivity contribution in [2.24, 2.45) is 0 Å². The van der Waals surface area contributed by atoms with Gasteiger partial charge in [-0.15, -0.1) is 0 Å². The van der Waals surface area contributed by atoms with Gasteiger partial charge in [0.25, 0.3) is 11.4 Å². The van der Waals surface area contributed by atoms with Gasteiger partial charge < -0.3 is 9.51 Å². The van der Waals surface area contributed by atoms with E-state index in [-0.39, 0.29) is 11.4 Å². The average molecular weight is 240 g/mol. The van der Waals surface area contributed by atoms with Gasteiger partial charge in [0, 0.05) is 24.2 Å². The highest BCUT2D eigenvalue weighted by Crippen LogP contribution is 2.18. The number of hydrogen-bond donors (Lipinski definition) is 1. The Morgan fingerprint density at radius 3 is 2.78 bits per heavy atom. The van der Waals surface area contributed by atoms with E-state index in [2.05, 4.69) is 20.1 Å². The molecule has 0 aliphatic rings. The normalized spacial score (nSPS) is 10.4. The van der Waals surface area contributed by atoms with Crippen molar-refractivity contribution in [1.82, 2.24) is 20.1 Å². The molecule has 0 saturated heterocycles. The lowest BCUT2D eigenvalue weighted by atomic mass is 10.2. The van der Waals surface area contributed by atoms with Gasteiger partial charge in [-0.3, -0.25) is 9.78 Å². The molecule has 3 heterocycles. The van der Waals surface area contributed by atoms with Crippen LogP contribution in [0.1, 0.15) is 0 Å². The first-order valence-electron chi connectivity index (χ1n) is 5.27. The number of nitrogens with one attached hydrogen (secondary N) is 1. The van der Waals surface area contributed by atoms with Crippen molar-refractivity contribution in [3.05, 3.63) is 53.2 Å². The topological polar surface area (TPSA) is 84.7 Å². The summed E-state index contributed by atoms with van der Waals surface area (Å²) < 4.78 is 5.08. The molecule has 6 nitrogen and oxygen atoms in total. The van der Waals surface area contributed by atoms with Gasteiger partial charge in [0.2, 0.25) is 5.82 Å². The van der Waals surface area contributed by atoms with Crippen LogP contribution < -0.4 is 5.56 Å². The molecule has 0 bridgehead atoms. The Morgan fingerprint density at radius 1 is 1.17 bits per heavy atom. The summed E-state index contributed by atoms with van der Waals surface area (Å²) in [6, 6.07) is 6.86. The fourth-order valence-electron chi connectivity index (χ4n) is 1.54. The molecule has 3 rings (SSSR count). The van der Waals surface area contributed by atoms with Gasteiger partial charge in [0.15, 0.2) is 0 Å². The van der Waals surface area contributed by atoms with E-state index in [9.17, 15) is 4.79 Å². The van der Waals surface area contributed by atoms with Gasteiger partial charge >= 0.3 is 0 Å². The maximum atomic E-state index is 11.6. The highest BCUT2D eigenvalue weighted by molar-refractivity contribution is 5.58. The first-order chi connectivity index (χ1) is 8.84.